The molecule has 2 aliphatic rings. The van der Waals surface area contributed by atoms with Crippen molar-refractivity contribution in [1.82, 2.24) is 9.88 Å². The van der Waals surface area contributed by atoms with Crippen molar-refractivity contribution in [3.05, 3.63) is 16.6 Å². The molecular formula is C14H22N2OS. The van der Waals surface area contributed by atoms with Crippen molar-refractivity contribution in [3.63, 3.8) is 0 Å². The molecule has 1 saturated carbocycles. The summed E-state index contributed by atoms with van der Waals surface area (Å²) in [5.41, 5.74) is 0.0577. The minimum absolute atomic E-state index is 0.0577. The van der Waals surface area contributed by atoms with Gasteiger partial charge in [0.15, 0.2) is 0 Å². The van der Waals surface area contributed by atoms with Gasteiger partial charge in [0, 0.05) is 23.5 Å². The molecule has 0 bridgehead atoms. The van der Waals surface area contributed by atoms with Gasteiger partial charge in [0.05, 0.1) is 11.1 Å². The molecule has 1 unspecified atom stereocenters. The molecule has 0 aromatic carbocycles. The molecular weight excluding hydrogens is 244 g/mol. The zero-order valence-electron chi connectivity index (χ0n) is 10.8. The zero-order valence-corrected chi connectivity index (χ0v) is 11.7. The van der Waals surface area contributed by atoms with E-state index in [1.54, 1.807) is 11.3 Å². The monoisotopic (exact) mass is 266 g/mol. The van der Waals surface area contributed by atoms with E-state index in [0.717, 1.165) is 11.4 Å². The molecule has 1 aromatic heterocycles. The molecule has 1 N–H and O–H groups in total. The Morgan fingerprint density at radius 2 is 2.00 bits per heavy atom. The molecule has 3 nitrogen and oxygen atoms in total. The van der Waals surface area contributed by atoms with Gasteiger partial charge in [-0.05, 0) is 38.8 Å². The summed E-state index contributed by atoms with van der Waals surface area (Å²) < 4.78 is 0. The second kappa shape index (κ2) is 5.27. The number of rotatable bonds is 4. The molecule has 18 heavy (non-hydrogen) atoms. The van der Waals surface area contributed by atoms with Crippen molar-refractivity contribution in [2.75, 3.05) is 13.1 Å². The Hall–Kier alpha value is -0.450. The van der Waals surface area contributed by atoms with Gasteiger partial charge >= 0.3 is 0 Å². The van der Waals surface area contributed by atoms with Crippen LogP contribution in [0.25, 0.3) is 0 Å². The highest BCUT2D eigenvalue weighted by Crippen LogP contribution is 2.41. The lowest BCUT2D eigenvalue weighted by Crippen LogP contribution is -2.54. The molecule has 2 fully saturated rings. The lowest BCUT2D eigenvalue weighted by molar-refractivity contribution is -0.0172. The molecule has 4 heteroatoms. The van der Waals surface area contributed by atoms with Gasteiger partial charge in [-0.15, -0.1) is 11.3 Å². The second-order valence-corrected chi connectivity index (χ2v) is 6.63. The molecule has 0 spiro atoms. The van der Waals surface area contributed by atoms with Crippen LogP contribution in [0, 0.1) is 0 Å². The van der Waals surface area contributed by atoms with Crippen molar-refractivity contribution >= 4 is 11.3 Å². The summed E-state index contributed by atoms with van der Waals surface area (Å²) in [6, 6.07) is 0. The highest BCUT2D eigenvalue weighted by Gasteiger charge is 2.46. The van der Waals surface area contributed by atoms with Gasteiger partial charge in [0.1, 0.15) is 0 Å². The van der Waals surface area contributed by atoms with E-state index < -0.39 is 0 Å². The van der Waals surface area contributed by atoms with Gasteiger partial charge in [-0.1, -0.05) is 12.8 Å². The molecule has 2 heterocycles. The van der Waals surface area contributed by atoms with E-state index in [2.05, 4.69) is 9.88 Å². The first kappa shape index (κ1) is 12.6. The van der Waals surface area contributed by atoms with Crippen molar-refractivity contribution in [2.24, 2.45) is 0 Å². The third-order valence-electron chi connectivity index (χ3n) is 4.68. The zero-order chi connectivity index (χ0) is 12.4. The van der Waals surface area contributed by atoms with E-state index in [4.69, 9.17) is 0 Å². The summed E-state index contributed by atoms with van der Waals surface area (Å²) >= 11 is 1.66. The minimum Gasteiger partial charge on any atom is -0.391 e. The van der Waals surface area contributed by atoms with Gasteiger partial charge in [0.25, 0.3) is 0 Å². The molecule has 1 atom stereocenters. The molecule has 1 aromatic rings. The molecule has 1 saturated heterocycles. The molecule has 0 radical (unpaired) electrons. The number of likely N-dealkylation sites (tertiary alicyclic amines) is 1. The summed E-state index contributed by atoms with van der Waals surface area (Å²) in [6.07, 6.45) is 9.79. The minimum atomic E-state index is -0.246. The van der Waals surface area contributed by atoms with Crippen LogP contribution in [-0.2, 0) is 6.42 Å². The van der Waals surface area contributed by atoms with Crippen LogP contribution < -0.4 is 0 Å². The maximum absolute atomic E-state index is 10.8. The largest absolute Gasteiger partial charge is 0.391 e. The number of nitrogens with zero attached hydrogens (tertiary/aromatic N) is 2. The van der Waals surface area contributed by atoms with Crippen molar-refractivity contribution < 1.29 is 5.11 Å². The van der Waals surface area contributed by atoms with E-state index >= 15 is 0 Å². The Kier molecular flexibility index (Phi) is 3.68. The maximum atomic E-state index is 10.8. The first-order valence-electron chi connectivity index (χ1n) is 7.13. The standard InChI is InChI=1S/C14H22N2OS/c17-12(11-13-15-7-10-18-13)14(5-1-2-6-14)16-8-3-4-9-16/h7,10,12,17H,1-6,8-9,11H2. The summed E-state index contributed by atoms with van der Waals surface area (Å²) in [5, 5.41) is 13.8. The molecule has 1 aliphatic carbocycles. The average molecular weight is 266 g/mol. The van der Waals surface area contributed by atoms with Crippen LogP contribution >= 0.6 is 11.3 Å². The summed E-state index contributed by atoms with van der Waals surface area (Å²) in [5.74, 6) is 0. The third-order valence-corrected chi connectivity index (χ3v) is 5.48. The smallest absolute Gasteiger partial charge is 0.0951 e. The SMILES string of the molecule is OC(Cc1nccs1)C1(N2CCCC2)CCCC1. The van der Waals surface area contributed by atoms with Crippen LogP contribution in [0.2, 0.25) is 0 Å². The second-order valence-electron chi connectivity index (χ2n) is 5.65. The lowest BCUT2D eigenvalue weighted by atomic mass is 9.86. The van der Waals surface area contributed by atoms with Gasteiger partial charge in [-0.3, -0.25) is 4.90 Å². The van der Waals surface area contributed by atoms with E-state index in [1.165, 1.54) is 51.6 Å². The van der Waals surface area contributed by atoms with E-state index in [1.807, 2.05) is 11.6 Å². The van der Waals surface area contributed by atoms with E-state index in [-0.39, 0.29) is 11.6 Å². The van der Waals surface area contributed by atoms with Crippen LogP contribution in [0.3, 0.4) is 0 Å². The van der Waals surface area contributed by atoms with Crippen molar-refractivity contribution in [1.29, 1.82) is 0 Å². The number of aliphatic hydroxyl groups excluding tert-OH is 1. The van der Waals surface area contributed by atoms with Gasteiger partial charge in [-0.25, -0.2) is 4.98 Å². The first-order valence-corrected chi connectivity index (χ1v) is 8.01. The molecule has 0 amide bonds. The average Bonchev–Trinajstić information content (AvgIpc) is 3.12. The number of aliphatic hydroxyl groups is 1. The normalized spacial score (nSPS) is 25.6. The third kappa shape index (κ3) is 2.22. The fourth-order valence-corrected chi connectivity index (χ4v) is 4.37. The fourth-order valence-electron chi connectivity index (χ4n) is 3.72. The Morgan fingerprint density at radius 3 is 2.61 bits per heavy atom. The fraction of sp³-hybridized carbons (Fsp3) is 0.786. The highest BCUT2D eigenvalue weighted by molar-refractivity contribution is 7.09. The summed E-state index contributed by atoms with van der Waals surface area (Å²) in [7, 11) is 0. The van der Waals surface area contributed by atoms with E-state index in [9.17, 15) is 5.11 Å². The van der Waals surface area contributed by atoms with Crippen molar-refractivity contribution in [2.45, 2.75) is 56.6 Å². The number of thiazole rings is 1. The summed E-state index contributed by atoms with van der Waals surface area (Å²) in [6.45, 7) is 2.35. The van der Waals surface area contributed by atoms with Crippen LogP contribution in [0.5, 0.6) is 0 Å². The van der Waals surface area contributed by atoms with Crippen LogP contribution in [-0.4, -0.2) is 39.7 Å². The number of hydrogen-bond donors (Lipinski definition) is 1. The predicted molar refractivity (Wildman–Crippen MR) is 73.8 cm³/mol. The Balaban J connectivity index is 1.76. The molecule has 1 aliphatic heterocycles. The number of aromatic nitrogens is 1. The van der Waals surface area contributed by atoms with Gasteiger partial charge in [-0.2, -0.15) is 0 Å². The molecule has 100 valence electrons. The predicted octanol–water partition coefficient (Wildman–Crippen LogP) is 2.46. The first-order chi connectivity index (χ1) is 8.81. The van der Waals surface area contributed by atoms with Crippen LogP contribution in [0.4, 0.5) is 0 Å². The number of hydrogen-bond acceptors (Lipinski definition) is 4. The van der Waals surface area contributed by atoms with Crippen LogP contribution in [0.1, 0.15) is 43.5 Å². The topological polar surface area (TPSA) is 36.4 Å². The van der Waals surface area contributed by atoms with Crippen LogP contribution in [0.15, 0.2) is 11.6 Å². The Morgan fingerprint density at radius 1 is 1.28 bits per heavy atom. The maximum Gasteiger partial charge on any atom is 0.0951 e. The Bertz CT molecular complexity index is 367. The Labute approximate surface area is 113 Å². The van der Waals surface area contributed by atoms with Gasteiger partial charge in [0.2, 0.25) is 0 Å². The summed E-state index contributed by atoms with van der Waals surface area (Å²) in [4.78, 5) is 6.89. The molecule has 3 rings (SSSR count). The highest BCUT2D eigenvalue weighted by atomic mass is 32.1. The van der Waals surface area contributed by atoms with Gasteiger partial charge < -0.3 is 5.11 Å². The lowest BCUT2D eigenvalue weighted by Gasteiger charge is -2.42. The van der Waals surface area contributed by atoms with Crippen molar-refractivity contribution in [3.8, 4) is 0 Å². The van der Waals surface area contributed by atoms with E-state index in [0.29, 0.717) is 0 Å². The quantitative estimate of drug-likeness (QED) is 0.909.